The summed E-state index contributed by atoms with van der Waals surface area (Å²) in [5, 5.41) is 58.1. The Morgan fingerprint density at radius 1 is 0.476 bits per heavy atom. The Labute approximate surface area is 727 Å². The number of unbranched alkanes of at least 4 members (excludes halogenated alkanes) is 1. The van der Waals surface area contributed by atoms with Crippen LogP contribution in [0.5, 0.6) is 23.0 Å². The van der Waals surface area contributed by atoms with Crippen LogP contribution in [-0.4, -0.2) is 180 Å². The number of esters is 1. The number of primary amides is 1. The van der Waals surface area contributed by atoms with E-state index >= 15 is 14.4 Å². The van der Waals surface area contributed by atoms with Gasteiger partial charge in [-0.3, -0.25) is 47.9 Å². The molecule has 648 valence electrons. The number of hydrogen-bond acceptors (Lipinski definition) is 20. The third-order valence-corrected chi connectivity index (χ3v) is 23.3. The number of benzene rings is 8. The number of aliphatic hydroxyl groups excluding tert-OH is 1. The summed E-state index contributed by atoms with van der Waals surface area (Å²) in [6.45, 7) is 1.45. The lowest BCUT2D eigenvalue weighted by Crippen LogP contribution is -2.62. The van der Waals surface area contributed by atoms with Crippen LogP contribution in [0, 0.1) is 0 Å². The number of ether oxygens (including phenoxy) is 2. The number of nitrogens with two attached hydrogens (primary N) is 2. The number of carbonyl (C=O) groups is 11. The van der Waals surface area contributed by atoms with Crippen molar-refractivity contribution >= 4 is 123 Å². The minimum Gasteiger partial charge on any atom is -0.508 e. The molecule has 4 heterocycles. The van der Waals surface area contributed by atoms with Crippen LogP contribution < -0.4 is 68.8 Å². The van der Waals surface area contributed by atoms with Crippen molar-refractivity contribution in [3.8, 4) is 23.0 Å². The fourth-order valence-corrected chi connectivity index (χ4v) is 16.5. The lowest BCUT2D eigenvalue weighted by molar-refractivity contribution is -0.137. The predicted molar refractivity (Wildman–Crippen MR) is 470 cm³/mol. The molecule has 2 unspecified atom stereocenters. The second-order valence-electron chi connectivity index (χ2n) is 30.4. The molecule has 19 N–H and O–H groups in total. The van der Waals surface area contributed by atoms with Gasteiger partial charge in [0.2, 0.25) is 59.1 Å². The highest BCUT2D eigenvalue weighted by Gasteiger charge is 2.54. The minimum absolute atomic E-state index is 0.0197. The van der Waals surface area contributed by atoms with Crippen LogP contribution in [0.25, 0.3) is 21.8 Å². The Morgan fingerprint density at radius 3 is 1.39 bits per heavy atom. The summed E-state index contributed by atoms with van der Waals surface area (Å²) in [5.41, 5.74) is 15.5. The molecule has 31 nitrogen and oxygen atoms in total. The van der Waals surface area contributed by atoms with E-state index in [-0.39, 0.29) is 122 Å². The van der Waals surface area contributed by atoms with Crippen LogP contribution in [0.1, 0.15) is 100 Å². The van der Waals surface area contributed by atoms with Crippen molar-refractivity contribution in [2.24, 2.45) is 11.5 Å². The largest absolute Gasteiger partial charge is 0.508 e. The second kappa shape index (κ2) is 42.3. The fraction of sp³-hybridized carbons (Fsp3) is 0.300. The molecule has 124 heavy (non-hydrogen) atoms. The number of aliphatic hydroxyl groups is 1. The quantitative estimate of drug-likeness (QED) is 0.0138. The fourth-order valence-electron chi connectivity index (χ4n) is 15.1. The molecule has 0 aliphatic carbocycles. The van der Waals surface area contributed by atoms with Crippen LogP contribution >= 0.6 is 25.3 Å². The zero-order valence-electron chi connectivity index (χ0n) is 67.5. The molecule has 2 aliphatic rings. The lowest BCUT2D eigenvalue weighted by Gasteiger charge is -2.36. The lowest BCUT2D eigenvalue weighted by atomic mass is 9.77. The number of phenols is 2. The summed E-state index contributed by atoms with van der Waals surface area (Å²) in [7, 11) is -1.94. The first kappa shape index (κ1) is 90.4. The summed E-state index contributed by atoms with van der Waals surface area (Å²) in [6, 6.07) is 40.7. The maximum Gasteiger partial charge on any atom is 0.340 e. The summed E-state index contributed by atoms with van der Waals surface area (Å²) in [4.78, 5) is 166. The number of H-pyrrole nitrogens is 2. The van der Waals surface area contributed by atoms with E-state index in [0.717, 1.165) is 0 Å². The Kier molecular flexibility index (Phi) is 30.8. The SMILES string of the molecule is C[C@@H](O)[C@H](NC(=O)[C@H](CCCCN)NC(=O)[C@@H](Cc1c[nH]c2ccccc12)NC(=O)[C@H](Cc1c[nH]c2ccccc12)NC(=O)[C@H](Cc1ccccc1)NC(=O)[C@H](CS)NC(=O)[C@@H](Cc1ccccc1)NC(=O)CCCNS(=O)c1ccc2c(c1)C1(OC2=O)c2ccc(O)cc2Oc2cc(O)ccc21)C(=O)N[C@@H](Cc1ccccc1)C(=O)NC(CCS)C(N)=O. The van der Waals surface area contributed by atoms with Gasteiger partial charge in [-0.2, -0.15) is 25.3 Å². The first-order chi connectivity index (χ1) is 59.8. The van der Waals surface area contributed by atoms with Gasteiger partial charge in [0.1, 0.15) is 88.4 Å². The summed E-state index contributed by atoms with van der Waals surface area (Å²) >= 11 is 8.70. The number of carbonyl (C=O) groups excluding carboxylic acids is 11. The van der Waals surface area contributed by atoms with Crippen LogP contribution in [0.15, 0.2) is 211 Å². The van der Waals surface area contributed by atoms with E-state index in [1.54, 1.807) is 140 Å². The smallest absolute Gasteiger partial charge is 0.340 e. The number of thiol groups is 2. The van der Waals surface area contributed by atoms with Crippen molar-refractivity contribution < 1.29 is 81.7 Å². The van der Waals surface area contributed by atoms with E-state index in [4.69, 9.17) is 20.9 Å². The number of fused-ring (bicyclic) bond motifs is 8. The van der Waals surface area contributed by atoms with Gasteiger partial charge in [-0.15, -0.1) is 0 Å². The molecule has 10 aromatic rings. The second-order valence-corrected chi connectivity index (χ2v) is 32.5. The van der Waals surface area contributed by atoms with Gasteiger partial charge in [-0.1, -0.05) is 127 Å². The Balaban J connectivity index is 0.753. The molecule has 10 amide bonds. The molecule has 0 radical (unpaired) electrons. The van der Waals surface area contributed by atoms with Gasteiger partial charge < -0.3 is 94.1 Å². The first-order valence-electron chi connectivity index (χ1n) is 40.5. The Bertz CT molecular complexity index is 5520. The highest BCUT2D eigenvalue weighted by atomic mass is 32.2. The van der Waals surface area contributed by atoms with E-state index in [9.17, 15) is 57.9 Å². The maximum absolute atomic E-state index is 15.7. The average molecular weight is 1740 g/mol. The summed E-state index contributed by atoms with van der Waals surface area (Å²) < 4.78 is 29.3. The average Bonchev–Trinajstić information content (AvgIpc) is 1.50. The third-order valence-electron chi connectivity index (χ3n) is 21.5. The molecular weight excluding hydrogens is 1650 g/mol. The molecule has 8 aromatic carbocycles. The Morgan fingerprint density at radius 2 is 0.911 bits per heavy atom. The molecule has 0 bridgehead atoms. The number of phenolic OH excluding ortho intramolecular Hbond substituents is 2. The minimum atomic E-state index is -1.94. The zero-order valence-corrected chi connectivity index (χ0v) is 70.1. The third kappa shape index (κ3) is 22.5. The van der Waals surface area contributed by atoms with Gasteiger partial charge in [0.25, 0.3) is 0 Å². The van der Waals surface area contributed by atoms with Crippen molar-refractivity contribution in [3.63, 3.8) is 0 Å². The van der Waals surface area contributed by atoms with Crippen LogP contribution in [0.3, 0.4) is 0 Å². The summed E-state index contributed by atoms with van der Waals surface area (Å²) in [6.07, 6.45) is 1.57. The monoisotopic (exact) mass is 1740 g/mol. The molecule has 11 atom stereocenters. The van der Waals surface area contributed by atoms with Gasteiger partial charge in [0.05, 0.1) is 16.6 Å². The van der Waals surface area contributed by atoms with E-state index < -0.39 is 142 Å². The van der Waals surface area contributed by atoms with E-state index in [0.29, 0.717) is 72.7 Å². The molecule has 0 fully saturated rings. The molecule has 1 spiro atoms. The zero-order chi connectivity index (χ0) is 88.1. The molecule has 0 saturated heterocycles. The van der Waals surface area contributed by atoms with Crippen molar-refractivity contribution in [2.45, 2.75) is 149 Å². The molecule has 2 aliphatic heterocycles. The van der Waals surface area contributed by atoms with Crippen LogP contribution in [0.4, 0.5) is 0 Å². The normalized spacial score (nSPS) is 15.0. The van der Waals surface area contributed by atoms with Crippen molar-refractivity contribution in [1.82, 2.24) is 62.5 Å². The van der Waals surface area contributed by atoms with E-state index in [2.05, 4.69) is 87.8 Å². The molecule has 34 heteroatoms. The van der Waals surface area contributed by atoms with Crippen molar-refractivity contribution in [1.29, 1.82) is 0 Å². The van der Waals surface area contributed by atoms with E-state index in [1.165, 1.54) is 43.3 Å². The number of rotatable bonds is 42. The predicted octanol–water partition coefficient (Wildman–Crippen LogP) is 4.84. The van der Waals surface area contributed by atoms with Gasteiger partial charge >= 0.3 is 5.97 Å². The highest BCUT2D eigenvalue weighted by Crippen LogP contribution is 2.57. The number of aromatic hydroxyl groups is 2. The standard InChI is InChI=1S/C90H98N14O17S3/c1-51(105)79(88(117)102-72(42-54-22-9-4-10-23-54)83(112)97-68(36-39-122)80(92)109)104-81(110)69(28-15-16-37-91)98-85(114)73(43-55-48-93-66-26-13-11-24-60(55)66)101-86(115)74(44-56-49-94-67-27-14-12-25-61(56)67)100-84(113)71(41-53-20-7-3-8-21-53)99-87(116)75(50-123)103-82(111)70(40-52-18-5-2-6-19-52)96-78(108)29-17-38-95-124(119)59-32-33-62-65(47-59)90(121-89(62)118)63-34-30-57(106)45-76(63)120-77-46-58(107)31-35-64(77)90/h2-14,18-27,30-35,45-49,51,68-75,79,93-95,105-107,122-123H,15-17,28-29,36-44,50,91H2,1H3,(H2,92,109)(H,96,108)(H,97,112)(H,98,114)(H,99,116)(H,100,113)(H,101,115)(H,102,117)(H,103,111)(H,104,110)/t51-,68?,69+,70-,71+,72+,73-,74+,75+,79+,124?/m1/s1. The molecule has 12 rings (SSSR count). The number of aromatic nitrogens is 2. The highest BCUT2D eigenvalue weighted by molar-refractivity contribution is 7.83. The van der Waals surface area contributed by atoms with Crippen molar-refractivity contribution in [2.75, 3.05) is 24.6 Å². The first-order valence-corrected chi connectivity index (χ1v) is 42.9. The molecule has 2 aromatic heterocycles. The number of para-hydroxylation sites is 2. The Hall–Kier alpha value is -12.9. The molecular formula is C90H98N14O17S3. The maximum atomic E-state index is 15.7. The van der Waals surface area contributed by atoms with Gasteiger partial charge in [-0.25, -0.2) is 13.7 Å². The van der Waals surface area contributed by atoms with E-state index in [1.807, 2.05) is 30.3 Å². The number of nitrogens with one attached hydrogen (secondary N) is 12. The number of aromatic amines is 2. The number of hydrogen-bond donors (Lipinski definition) is 19. The van der Waals surface area contributed by atoms with Gasteiger partial charge in [0, 0.05) is 114 Å². The topological polar surface area (TPSA) is 488 Å². The van der Waals surface area contributed by atoms with Gasteiger partial charge in [0.15, 0.2) is 5.60 Å². The van der Waals surface area contributed by atoms with Crippen molar-refractivity contribution in [3.05, 3.63) is 257 Å². The van der Waals surface area contributed by atoms with Crippen LogP contribution in [-0.2, 0) is 101 Å². The summed E-state index contributed by atoms with van der Waals surface area (Å²) in [5.74, 6) is -9.24. The van der Waals surface area contributed by atoms with Crippen LogP contribution in [0.2, 0.25) is 0 Å². The number of amides is 10. The molecule has 0 saturated carbocycles. The van der Waals surface area contributed by atoms with Gasteiger partial charge in [-0.05, 0) is 134 Å².